The Bertz CT molecular complexity index is 858. The van der Waals surface area contributed by atoms with Crippen LogP contribution in [0.5, 0.6) is 0 Å². The van der Waals surface area contributed by atoms with Crippen molar-refractivity contribution in [2.75, 3.05) is 6.54 Å². The molecule has 0 saturated carbocycles. The number of rotatable bonds is 4. The molecule has 1 amide bonds. The maximum absolute atomic E-state index is 13.9. The van der Waals surface area contributed by atoms with E-state index in [2.05, 4.69) is 19.3 Å². The molecule has 0 radical (unpaired) electrons. The maximum atomic E-state index is 13.9. The molecule has 0 spiro atoms. The van der Waals surface area contributed by atoms with Crippen molar-refractivity contribution in [1.29, 1.82) is 0 Å². The van der Waals surface area contributed by atoms with Crippen LogP contribution in [0.3, 0.4) is 0 Å². The van der Waals surface area contributed by atoms with Gasteiger partial charge in [-0.15, -0.1) is 0 Å². The minimum absolute atomic E-state index is 0.00136. The minimum Gasteiger partial charge on any atom is -0.287 e. The predicted octanol–water partition coefficient (Wildman–Crippen LogP) is 5.01. The largest absolute Gasteiger partial charge is 0.409 e. The summed E-state index contributed by atoms with van der Waals surface area (Å²) in [5.41, 5.74) is 2.85. The second-order valence-corrected chi connectivity index (χ2v) is 8.44. The normalized spacial score (nSPS) is 18.9. The molecule has 6 heteroatoms. The van der Waals surface area contributed by atoms with Crippen LogP contribution >= 0.6 is 0 Å². The molecule has 0 unspecified atom stereocenters. The first-order valence-electron chi connectivity index (χ1n) is 9.14. The first kappa shape index (κ1) is 19.7. The molecule has 1 fully saturated rings. The molecule has 3 nitrogen and oxygen atoms in total. The van der Waals surface area contributed by atoms with E-state index in [1.54, 1.807) is 26.0 Å². The van der Waals surface area contributed by atoms with Crippen LogP contribution in [0.4, 0.5) is 13.2 Å². The number of carbonyl (C=O) groups excluding carboxylic acids is 1. The average molecular weight is 378 g/mol. The first-order valence-corrected chi connectivity index (χ1v) is 9.14. The number of amides is 1. The first-order chi connectivity index (χ1) is 12.5. The highest BCUT2D eigenvalue weighted by Gasteiger charge is 2.51. The SMILES string of the molecule is CC(C)Cc1ccc2cc([C@H](N3CC(C)(C)C(=O)N3)C(F)(F)F)ccc2c1. The summed E-state index contributed by atoms with van der Waals surface area (Å²) in [5, 5.41) is 2.69. The molecular formula is C21H25F3N2O. The van der Waals surface area contributed by atoms with Gasteiger partial charge in [-0.1, -0.05) is 44.2 Å². The van der Waals surface area contributed by atoms with Crippen molar-refractivity contribution < 1.29 is 18.0 Å². The van der Waals surface area contributed by atoms with Crippen LogP contribution in [0.1, 0.15) is 44.9 Å². The van der Waals surface area contributed by atoms with Crippen molar-refractivity contribution in [1.82, 2.24) is 10.4 Å². The molecule has 0 aliphatic carbocycles. The lowest BCUT2D eigenvalue weighted by Gasteiger charge is -2.30. The molecule has 1 N–H and O–H groups in total. The molecule has 1 heterocycles. The zero-order valence-electron chi connectivity index (χ0n) is 16.0. The highest BCUT2D eigenvalue weighted by Crippen LogP contribution is 2.41. The van der Waals surface area contributed by atoms with Gasteiger partial charge in [0.1, 0.15) is 6.04 Å². The highest BCUT2D eigenvalue weighted by molar-refractivity contribution is 5.85. The monoisotopic (exact) mass is 378 g/mol. The standard InChI is InChI=1S/C21H25F3N2O/c1-13(2)9-14-5-6-16-11-17(8-7-15(16)10-14)18(21(22,23)24)26-12-20(3,4)19(27)25-26/h5-8,10-11,13,18H,9,12H2,1-4H3,(H,25,27)/t18-/m0/s1. The number of carbonyl (C=O) groups is 1. The summed E-state index contributed by atoms with van der Waals surface area (Å²) in [5.74, 6) is 0.120. The molecule has 1 aliphatic rings. The number of halogens is 3. The molecule has 3 rings (SSSR count). The number of nitrogens with zero attached hydrogens (tertiary/aromatic N) is 1. The third-order valence-corrected chi connectivity index (χ3v) is 4.94. The van der Waals surface area contributed by atoms with E-state index in [1.165, 1.54) is 11.6 Å². The molecule has 0 aromatic heterocycles. The Morgan fingerprint density at radius 2 is 1.74 bits per heavy atom. The van der Waals surface area contributed by atoms with Crippen LogP contribution < -0.4 is 5.43 Å². The van der Waals surface area contributed by atoms with E-state index >= 15 is 0 Å². The van der Waals surface area contributed by atoms with Crippen molar-refractivity contribution in [3.63, 3.8) is 0 Å². The summed E-state index contributed by atoms with van der Waals surface area (Å²) in [6.45, 7) is 7.56. The molecule has 27 heavy (non-hydrogen) atoms. The lowest BCUT2D eigenvalue weighted by atomic mass is 9.93. The smallest absolute Gasteiger partial charge is 0.287 e. The van der Waals surface area contributed by atoms with Crippen molar-refractivity contribution in [3.8, 4) is 0 Å². The van der Waals surface area contributed by atoms with Gasteiger partial charge in [0.15, 0.2) is 0 Å². The van der Waals surface area contributed by atoms with Gasteiger partial charge in [0.2, 0.25) is 5.91 Å². The summed E-state index contributed by atoms with van der Waals surface area (Å²) in [6.07, 6.45) is -3.57. The number of nitrogens with one attached hydrogen (secondary N) is 1. The zero-order chi connectivity index (χ0) is 20.0. The van der Waals surface area contributed by atoms with Crippen molar-refractivity contribution in [3.05, 3.63) is 47.5 Å². The number of hydrogen-bond donors (Lipinski definition) is 1. The lowest BCUT2D eigenvalue weighted by Crippen LogP contribution is -2.43. The second kappa shape index (κ2) is 6.82. The van der Waals surface area contributed by atoms with Crippen molar-refractivity contribution >= 4 is 16.7 Å². The predicted molar refractivity (Wildman–Crippen MR) is 99.9 cm³/mol. The fourth-order valence-electron chi connectivity index (χ4n) is 3.60. The highest BCUT2D eigenvalue weighted by atomic mass is 19.4. The van der Waals surface area contributed by atoms with E-state index < -0.39 is 23.5 Å². The summed E-state index contributed by atoms with van der Waals surface area (Å²) < 4.78 is 41.6. The quantitative estimate of drug-likeness (QED) is 0.811. The second-order valence-electron chi connectivity index (χ2n) is 8.44. The fourth-order valence-corrected chi connectivity index (χ4v) is 3.60. The minimum atomic E-state index is -4.50. The summed E-state index contributed by atoms with van der Waals surface area (Å²) in [4.78, 5) is 12.0. The van der Waals surface area contributed by atoms with Gasteiger partial charge < -0.3 is 0 Å². The van der Waals surface area contributed by atoms with Crippen LogP contribution in [0.25, 0.3) is 10.8 Å². The molecule has 146 valence electrons. The lowest BCUT2D eigenvalue weighted by molar-refractivity contribution is -0.191. The van der Waals surface area contributed by atoms with E-state index in [1.807, 2.05) is 18.2 Å². The van der Waals surface area contributed by atoms with Crippen molar-refractivity contribution in [2.24, 2.45) is 11.3 Å². The average Bonchev–Trinajstić information content (AvgIpc) is 2.78. The fraction of sp³-hybridized carbons (Fsp3) is 0.476. The van der Waals surface area contributed by atoms with Gasteiger partial charge in [-0.3, -0.25) is 10.2 Å². The molecule has 1 atom stereocenters. The number of hydrogen-bond acceptors (Lipinski definition) is 2. The third kappa shape index (κ3) is 4.10. The van der Waals surface area contributed by atoms with Gasteiger partial charge in [0.05, 0.1) is 5.41 Å². The molecule has 2 aromatic carbocycles. The van der Waals surface area contributed by atoms with E-state index in [0.717, 1.165) is 22.2 Å². The topological polar surface area (TPSA) is 32.3 Å². The van der Waals surface area contributed by atoms with E-state index in [4.69, 9.17) is 0 Å². The molecule has 1 saturated heterocycles. The molecular weight excluding hydrogens is 353 g/mol. The van der Waals surface area contributed by atoms with E-state index in [9.17, 15) is 18.0 Å². The van der Waals surface area contributed by atoms with E-state index in [-0.39, 0.29) is 12.1 Å². The van der Waals surface area contributed by atoms with Crippen molar-refractivity contribution in [2.45, 2.75) is 46.3 Å². The molecule has 1 aliphatic heterocycles. The Kier molecular flexibility index (Phi) is 4.97. The van der Waals surface area contributed by atoms with Gasteiger partial charge in [0.25, 0.3) is 0 Å². The van der Waals surface area contributed by atoms with Gasteiger partial charge in [-0.05, 0) is 54.2 Å². The zero-order valence-corrected chi connectivity index (χ0v) is 16.0. The van der Waals surface area contributed by atoms with Gasteiger partial charge >= 0.3 is 6.18 Å². The van der Waals surface area contributed by atoms with Crippen LogP contribution in [0.15, 0.2) is 36.4 Å². The summed E-state index contributed by atoms with van der Waals surface area (Å²) in [6, 6.07) is 8.81. The van der Waals surface area contributed by atoms with Crippen LogP contribution in [0.2, 0.25) is 0 Å². The number of hydrazine groups is 1. The molecule has 2 aromatic rings. The number of fused-ring (bicyclic) bond motifs is 1. The van der Waals surface area contributed by atoms with Crippen LogP contribution in [-0.2, 0) is 11.2 Å². The Balaban J connectivity index is 1.98. The maximum Gasteiger partial charge on any atom is 0.409 e. The van der Waals surface area contributed by atoms with Gasteiger partial charge in [-0.2, -0.15) is 13.2 Å². The Morgan fingerprint density at radius 3 is 2.30 bits per heavy atom. The number of benzene rings is 2. The van der Waals surface area contributed by atoms with E-state index in [0.29, 0.717) is 5.92 Å². The van der Waals surface area contributed by atoms with Crippen LogP contribution in [-0.4, -0.2) is 23.6 Å². The Labute approximate surface area is 157 Å². The molecule has 0 bridgehead atoms. The van der Waals surface area contributed by atoms with Gasteiger partial charge in [-0.25, -0.2) is 5.01 Å². The number of alkyl halides is 3. The third-order valence-electron chi connectivity index (χ3n) is 4.94. The summed E-state index contributed by atoms with van der Waals surface area (Å²) in [7, 11) is 0. The van der Waals surface area contributed by atoms with Crippen LogP contribution in [0, 0.1) is 11.3 Å². The Hall–Kier alpha value is -2.08. The van der Waals surface area contributed by atoms with Gasteiger partial charge in [0, 0.05) is 6.54 Å². The Morgan fingerprint density at radius 1 is 1.11 bits per heavy atom. The summed E-state index contributed by atoms with van der Waals surface area (Å²) >= 11 is 0.